The second kappa shape index (κ2) is 9.18. The van der Waals surface area contributed by atoms with Crippen molar-refractivity contribution >= 4 is 52.0 Å². The van der Waals surface area contributed by atoms with E-state index in [0.29, 0.717) is 23.8 Å². The summed E-state index contributed by atoms with van der Waals surface area (Å²) in [4.78, 5) is 23.8. The molecule has 1 N–H and O–H groups in total. The third kappa shape index (κ3) is 4.89. The maximum atomic E-state index is 12.2. The van der Waals surface area contributed by atoms with E-state index in [2.05, 4.69) is 15.5 Å². The SMILES string of the molecule is CCn1c(Cc2cccs2)nnc1SCC(=O)Nc1ccc(Cl)c([N+](=O)[O-])c1. The zero-order valence-electron chi connectivity index (χ0n) is 14.8. The van der Waals surface area contributed by atoms with Gasteiger partial charge in [-0.2, -0.15) is 0 Å². The molecule has 0 saturated carbocycles. The lowest BCUT2D eigenvalue weighted by molar-refractivity contribution is -0.384. The van der Waals surface area contributed by atoms with Gasteiger partial charge >= 0.3 is 0 Å². The number of hydrogen-bond donors (Lipinski definition) is 1. The summed E-state index contributed by atoms with van der Waals surface area (Å²) >= 11 is 8.71. The van der Waals surface area contributed by atoms with Crippen LogP contribution in [0.2, 0.25) is 5.02 Å². The summed E-state index contributed by atoms with van der Waals surface area (Å²) in [6.45, 7) is 2.69. The summed E-state index contributed by atoms with van der Waals surface area (Å²) in [5.41, 5.74) is 0.0631. The largest absolute Gasteiger partial charge is 0.325 e. The Labute approximate surface area is 174 Å². The average molecular weight is 438 g/mol. The Kier molecular flexibility index (Phi) is 6.65. The highest BCUT2D eigenvalue weighted by atomic mass is 35.5. The van der Waals surface area contributed by atoms with Crippen LogP contribution in [0.3, 0.4) is 0 Å². The number of nitrogens with zero attached hydrogens (tertiary/aromatic N) is 4. The fraction of sp³-hybridized carbons (Fsp3) is 0.235. The molecule has 8 nitrogen and oxygen atoms in total. The first kappa shape index (κ1) is 20.3. The quantitative estimate of drug-likeness (QED) is 0.321. The number of nitro benzene ring substituents is 1. The minimum Gasteiger partial charge on any atom is -0.325 e. The van der Waals surface area contributed by atoms with E-state index < -0.39 is 4.92 Å². The monoisotopic (exact) mass is 437 g/mol. The van der Waals surface area contributed by atoms with Crippen molar-refractivity contribution in [1.82, 2.24) is 14.8 Å². The standard InChI is InChI=1S/C17H16ClN5O3S2/c1-2-22-15(9-12-4-3-7-27-12)20-21-17(22)28-10-16(24)19-11-5-6-13(18)14(8-11)23(25)26/h3-8H,2,9-10H2,1H3,(H,19,24). The summed E-state index contributed by atoms with van der Waals surface area (Å²) in [6.07, 6.45) is 0.694. The van der Waals surface area contributed by atoms with E-state index in [1.165, 1.54) is 34.8 Å². The molecule has 3 rings (SSSR count). The van der Waals surface area contributed by atoms with Gasteiger partial charge in [-0.3, -0.25) is 14.9 Å². The third-order valence-electron chi connectivity index (χ3n) is 3.78. The number of thiophene rings is 1. The minimum atomic E-state index is -0.592. The predicted octanol–water partition coefficient (Wildman–Crippen LogP) is 4.24. The number of halogens is 1. The predicted molar refractivity (Wildman–Crippen MR) is 110 cm³/mol. The smallest absolute Gasteiger partial charge is 0.289 e. The maximum Gasteiger partial charge on any atom is 0.289 e. The second-order valence-electron chi connectivity index (χ2n) is 5.66. The highest BCUT2D eigenvalue weighted by Gasteiger charge is 2.16. The Hall–Kier alpha value is -2.43. The Bertz CT molecular complexity index is 991. The van der Waals surface area contributed by atoms with Crippen LogP contribution in [0, 0.1) is 10.1 Å². The number of thioether (sulfide) groups is 1. The topological polar surface area (TPSA) is 103 Å². The summed E-state index contributed by atoms with van der Waals surface area (Å²) in [6, 6.07) is 8.18. The van der Waals surface area contributed by atoms with Crippen LogP contribution in [-0.4, -0.2) is 31.3 Å². The van der Waals surface area contributed by atoms with Crippen LogP contribution in [0.4, 0.5) is 11.4 Å². The summed E-state index contributed by atoms with van der Waals surface area (Å²) in [5.74, 6) is 0.654. The first-order valence-electron chi connectivity index (χ1n) is 8.29. The Morgan fingerprint density at radius 2 is 2.21 bits per heavy atom. The number of nitro groups is 1. The van der Waals surface area contributed by atoms with E-state index in [4.69, 9.17) is 11.6 Å². The number of amides is 1. The fourth-order valence-corrected chi connectivity index (χ4v) is 4.21. The van der Waals surface area contributed by atoms with Gasteiger partial charge in [0.2, 0.25) is 5.91 Å². The van der Waals surface area contributed by atoms with Gasteiger partial charge in [-0.25, -0.2) is 0 Å². The van der Waals surface area contributed by atoms with Gasteiger partial charge < -0.3 is 9.88 Å². The lowest BCUT2D eigenvalue weighted by atomic mass is 10.3. The molecule has 2 heterocycles. The first-order chi connectivity index (χ1) is 13.5. The molecule has 0 aliphatic carbocycles. The highest BCUT2D eigenvalue weighted by Crippen LogP contribution is 2.27. The van der Waals surface area contributed by atoms with E-state index in [1.54, 1.807) is 11.3 Å². The van der Waals surface area contributed by atoms with Gasteiger partial charge in [-0.15, -0.1) is 21.5 Å². The van der Waals surface area contributed by atoms with Crippen molar-refractivity contribution < 1.29 is 9.72 Å². The summed E-state index contributed by atoms with van der Waals surface area (Å²) in [7, 11) is 0. The van der Waals surface area contributed by atoms with Crippen molar-refractivity contribution in [2.45, 2.75) is 25.0 Å². The van der Waals surface area contributed by atoms with Crippen molar-refractivity contribution in [3.8, 4) is 0 Å². The van der Waals surface area contributed by atoms with E-state index >= 15 is 0 Å². The molecule has 0 spiro atoms. The van der Waals surface area contributed by atoms with Crippen molar-refractivity contribution in [2.75, 3.05) is 11.1 Å². The normalized spacial score (nSPS) is 10.8. The van der Waals surface area contributed by atoms with Crippen LogP contribution in [0.1, 0.15) is 17.6 Å². The lowest BCUT2D eigenvalue weighted by Crippen LogP contribution is -2.15. The maximum absolute atomic E-state index is 12.2. The van der Waals surface area contributed by atoms with Crippen LogP contribution in [0.15, 0.2) is 40.9 Å². The molecule has 3 aromatic rings. The molecule has 146 valence electrons. The number of hydrogen-bond acceptors (Lipinski definition) is 7. The Morgan fingerprint density at radius 3 is 2.89 bits per heavy atom. The average Bonchev–Trinajstić information content (AvgIpc) is 3.31. The first-order valence-corrected chi connectivity index (χ1v) is 10.5. The molecule has 0 fully saturated rings. The molecule has 0 aliphatic heterocycles. The van der Waals surface area contributed by atoms with Gasteiger partial charge in [0.15, 0.2) is 5.16 Å². The molecule has 1 amide bonds. The van der Waals surface area contributed by atoms with Gasteiger partial charge in [0.05, 0.1) is 10.7 Å². The van der Waals surface area contributed by atoms with Crippen LogP contribution in [0.5, 0.6) is 0 Å². The number of aromatic nitrogens is 3. The van der Waals surface area contributed by atoms with Crippen molar-refractivity contribution in [3.63, 3.8) is 0 Å². The fourth-order valence-electron chi connectivity index (χ4n) is 2.50. The van der Waals surface area contributed by atoms with Gasteiger partial charge in [-0.05, 0) is 30.5 Å². The number of benzene rings is 1. The van der Waals surface area contributed by atoms with Crippen LogP contribution in [-0.2, 0) is 17.8 Å². The number of anilines is 1. The van der Waals surface area contributed by atoms with Crippen LogP contribution in [0.25, 0.3) is 0 Å². The van der Waals surface area contributed by atoms with E-state index in [1.807, 2.05) is 29.0 Å². The molecule has 0 radical (unpaired) electrons. The molecule has 0 atom stereocenters. The van der Waals surface area contributed by atoms with Crippen LogP contribution < -0.4 is 5.32 Å². The Balaban J connectivity index is 1.62. The number of rotatable bonds is 8. The molecule has 28 heavy (non-hydrogen) atoms. The van der Waals surface area contributed by atoms with Crippen molar-refractivity contribution in [3.05, 3.63) is 61.6 Å². The molecule has 0 bridgehead atoms. The van der Waals surface area contributed by atoms with Crippen molar-refractivity contribution in [2.24, 2.45) is 0 Å². The zero-order chi connectivity index (χ0) is 20.1. The third-order valence-corrected chi connectivity index (χ3v) is 5.94. The molecular weight excluding hydrogens is 422 g/mol. The van der Waals surface area contributed by atoms with Gasteiger partial charge in [0.1, 0.15) is 10.8 Å². The summed E-state index contributed by atoms with van der Waals surface area (Å²) < 4.78 is 1.98. The van der Waals surface area contributed by atoms with E-state index in [-0.39, 0.29) is 22.4 Å². The molecule has 0 aliphatic rings. The lowest BCUT2D eigenvalue weighted by Gasteiger charge is -2.07. The van der Waals surface area contributed by atoms with E-state index in [0.717, 1.165) is 5.82 Å². The van der Waals surface area contributed by atoms with Gasteiger partial charge in [0, 0.05) is 29.6 Å². The van der Waals surface area contributed by atoms with Crippen LogP contribution >= 0.6 is 34.7 Å². The Morgan fingerprint density at radius 1 is 1.39 bits per heavy atom. The van der Waals surface area contributed by atoms with E-state index in [9.17, 15) is 14.9 Å². The van der Waals surface area contributed by atoms with Crippen molar-refractivity contribution in [1.29, 1.82) is 0 Å². The second-order valence-corrected chi connectivity index (χ2v) is 8.04. The number of carbonyl (C=O) groups excluding carboxylic acids is 1. The number of nitrogens with one attached hydrogen (secondary N) is 1. The number of carbonyl (C=O) groups is 1. The zero-order valence-corrected chi connectivity index (χ0v) is 17.2. The van der Waals surface area contributed by atoms with Gasteiger partial charge in [0.25, 0.3) is 5.69 Å². The molecule has 0 unspecified atom stereocenters. The molecule has 1 aromatic carbocycles. The molecule has 11 heteroatoms. The highest BCUT2D eigenvalue weighted by molar-refractivity contribution is 7.99. The summed E-state index contributed by atoms with van der Waals surface area (Å²) in [5, 5.41) is 24.7. The van der Waals surface area contributed by atoms with Gasteiger partial charge in [-0.1, -0.05) is 29.4 Å². The molecule has 2 aromatic heterocycles. The minimum absolute atomic E-state index is 0.0201. The molecule has 0 saturated heterocycles. The molecular formula is C17H16ClN5O3S2.